The number of benzene rings is 1. The number of carbonyl (C=O) groups excluding carboxylic acids is 2. The predicted octanol–water partition coefficient (Wildman–Crippen LogP) is 2.55. The first-order valence-electron chi connectivity index (χ1n) is 5.56. The normalized spacial score (nSPS) is 10.1. The average Bonchev–Trinajstić information content (AvgIpc) is 2.87. The van der Waals surface area contributed by atoms with Gasteiger partial charge in [0.25, 0.3) is 5.91 Å². The van der Waals surface area contributed by atoms with Crippen LogP contribution in [0.25, 0.3) is 0 Å². The fourth-order valence-corrected chi connectivity index (χ4v) is 1.69. The second-order valence-corrected chi connectivity index (χ2v) is 4.25. The molecule has 0 aliphatic carbocycles. The lowest BCUT2D eigenvalue weighted by atomic mass is 10.2. The third-order valence-electron chi connectivity index (χ3n) is 2.49. The zero-order valence-corrected chi connectivity index (χ0v) is 11.2. The number of esters is 1. The first-order chi connectivity index (χ1) is 9.51. The van der Waals surface area contributed by atoms with Crippen molar-refractivity contribution in [2.75, 3.05) is 18.2 Å². The highest BCUT2D eigenvalue weighted by atomic mass is 35.5. The van der Waals surface area contributed by atoms with Gasteiger partial charge >= 0.3 is 5.97 Å². The van der Waals surface area contributed by atoms with Crippen LogP contribution in [-0.2, 0) is 4.74 Å². The average molecular weight is 295 g/mol. The Balaban J connectivity index is 2.24. The van der Waals surface area contributed by atoms with Gasteiger partial charge in [-0.15, -0.1) is 0 Å². The molecule has 0 fully saturated rings. The van der Waals surface area contributed by atoms with E-state index >= 15 is 0 Å². The van der Waals surface area contributed by atoms with Crippen LogP contribution in [0.15, 0.2) is 34.7 Å². The molecule has 0 aliphatic rings. The quantitative estimate of drug-likeness (QED) is 0.848. The predicted molar refractivity (Wildman–Crippen MR) is 73.9 cm³/mol. The number of carbonyl (C=O) groups is 2. The standard InChI is InChI=1S/C13H11ClN2O4/c1-19-13(18)7-2-3-8(14)9(6-7)16-12(17)10-4-5-11(15)20-10/h2-6H,15H2,1H3,(H,16,17). The molecule has 0 spiro atoms. The molecule has 7 heteroatoms. The number of hydrogen-bond acceptors (Lipinski definition) is 5. The number of halogens is 1. The Labute approximate surface area is 119 Å². The minimum absolute atomic E-state index is 0.0436. The van der Waals surface area contributed by atoms with Crippen molar-refractivity contribution in [2.45, 2.75) is 0 Å². The fraction of sp³-hybridized carbons (Fsp3) is 0.0769. The van der Waals surface area contributed by atoms with Crippen molar-refractivity contribution in [3.8, 4) is 0 Å². The van der Waals surface area contributed by atoms with Crippen LogP contribution in [0, 0.1) is 0 Å². The van der Waals surface area contributed by atoms with Gasteiger partial charge in [-0.05, 0) is 24.3 Å². The van der Waals surface area contributed by atoms with Gasteiger partial charge in [-0.2, -0.15) is 0 Å². The number of furan rings is 1. The Bertz CT molecular complexity index is 666. The molecule has 0 unspecified atom stereocenters. The third-order valence-corrected chi connectivity index (χ3v) is 2.82. The topological polar surface area (TPSA) is 94.6 Å². The maximum absolute atomic E-state index is 11.9. The highest BCUT2D eigenvalue weighted by molar-refractivity contribution is 6.34. The zero-order valence-electron chi connectivity index (χ0n) is 10.5. The molecule has 1 aromatic heterocycles. The smallest absolute Gasteiger partial charge is 0.337 e. The summed E-state index contributed by atoms with van der Waals surface area (Å²) in [7, 11) is 1.26. The number of ether oxygens (including phenoxy) is 1. The summed E-state index contributed by atoms with van der Waals surface area (Å²) in [4.78, 5) is 23.3. The third kappa shape index (κ3) is 2.92. The van der Waals surface area contributed by atoms with Gasteiger partial charge in [0.2, 0.25) is 0 Å². The molecular formula is C13H11ClN2O4. The molecule has 0 atom stereocenters. The molecule has 0 saturated heterocycles. The summed E-state index contributed by atoms with van der Waals surface area (Å²) >= 11 is 5.96. The Hall–Kier alpha value is -2.47. The molecule has 0 aliphatic heterocycles. The molecule has 1 heterocycles. The van der Waals surface area contributed by atoms with Crippen LogP contribution in [0.3, 0.4) is 0 Å². The molecule has 0 radical (unpaired) electrons. The molecule has 2 aromatic rings. The molecule has 104 valence electrons. The van der Waals surface area contributed by atoms with Gasteiger partial charge in [0, 0.05) is 6.07 Å². The number of anilines is 2. The Morgan fingerprint density at radius 2 is 2.05 bits per heavy atom. The minimum Gasteiger partial charge on any atom is -0.465 e. The highest BCUT2D eigenvalue weighted by Gasteiger charge is 2.14. The number of hydrogen-bond donors (Lipinski definition) is 2. The van der Waals surface area contributed by atoms with Crippen molar-refractivity contribution < 1.29 is 18.7 Å². The van der Waals surface area contributed by atoms with Gasteiger partial charge < -0.3 is 20.2 Å². The lowest BCUT2D eigenvalue weighted by molar-refractivity contribution is 0.0600. The van der Waals surface area contributed by atoms with Crippen LogP contribution >= 0.6 is 11.6 Å². The minimum atomic E-state index is -0.528. The van der Waals surface area contributed by atoms with Crippen molar-refractivity contribution in [1.82, 2.24) is 0 Å². The van der Waals surface area contributed by atoms with E-state index in [0.29, 0.717) is 0 Å². The number of methoxy groups -OCH3 is 1. The maximum atomic E-state index is 11.9. The number of rotatable bonds is 3. The van der Waals surface area contributed by atoms with E-state index in [1.165, 1.54) is 37.4 Å². The monoisotopic (exact) mass is 294 g/mol. The number of nitrogen functional groups attached to an aromatic ring is 1. The summed E-state index contributed by atoms with van der Waals surface area (Å²) in [6.45, 7) is 0. The van der Waals surface area contributed by atoms with Crippen LogP contribution in [0.2, 0.25) is 5.02 Å². The van der Waals surface area contributed by atoms with Crippen LogP contribution in [0.4, 0.5) is 11.6 Å². The maximum Gasteiger partial charge on any atom is 0.337 e. The zero-order chi connectivity index (χ0) is 14.7. The van der Waals surface area contributed by atoms with E-state index in [9.17, 15) is 9.59 Å². The number of nitrogens with two attached hydrogens (primary N) is 1. The van der Waals surface area contributed by atoms with Crippen molar-refractivity contribution in [3.63, 3.8) is 0 Å². The number of amides is 1. The molecular weight excluding hydrogens is 284 g/mol. The molecule has 0 bridgehead atoms. The molecule has 6 nitrogen and oxygen atoms in total. The van der Waals surface area contributed by atoms with E-state index in [4.69, 9.17) is 21.8 Å². The molecule has 0 saturated carbocycles. The summed E-state index contributed by atoms with van der Waals surface area (Å²) < 4.78 is 9.58. The highest BCUT2D eigenvalue weighted by Crippen LogP contribution is 2.24. The van der Waals surface area contributed by atoms with Crippen LogP contribution < -0.4 is 11.1 Å². The van der Waals surface area contributed by atoms with Gasteiger partial charge in [0.05, 0.1) is 23.4 Å². The second-order valence-electron chi connectivity index (χ2n) is 3.84. The van der Waals surface area contributed by atoms with E-state index in [1.54, 1.807) is 0 Å². The van der Waals surface area contributed by atoms with E-state index in [-0.39, 0.29) is 27.9 Å². The van der Waals surface area contributed by atoms with E-state index in [0.717, 1.165) is 0 Å². The Morgan fingerprint density at radius 1 is 1.30 bits per heavy atom. The Morgan fingerprint density at radius 3 is 2.65 bits per heavy atom. The van der Waals surface area contributed by atoms with Crippen molar-refractivity contribution in [1.29, 1.82) is 0 Å². The van der Waals surface area contributed by atoms with Gasteiger partial charge in [0.1, 0.15) is 0 Å². The SMILES string of the molecule is COC(=O)c1ccc(Cl)c(NC(=O)c2ccc(N)o2)c1. The largest absolute Gasteiger partial charge is 0.465 e. The number of nitrogens with one attached hydrogen (secondary N) is 1. The van der Waals surface area contributed by atoms with E-state index in [1.807, 2.05) is 0 Å². The lowest BCUT2D eigenvalue weighted by Crippen LogP contribution is -2.12. The summed E-state index contributed by atoms with van der Waals surface area (Å²) in [5.41, 5.74) is 5.93. The summed E-state index contributed by atoms with van der Waals surface area (Å²) in [5.74, 6) is -0.878. The van der Waals surface area contributed by atoms with Crippen molar-refractivity contribution in [2.24, 2.45) is 0 Å². The lowest BCUT2D eigenvalue weighted by Gasteiger charge is -2.07. The molecule has 1 amide bonds. The molecule has 1 aromatic carbocycles. The van der Waals surface area contributed by atoms with Crippen molar-refractivity contribution in [3.05, 3.63) is 46.7 Å². The first-order valence-corrected chi connectivity index (χ1v) is 5.93. The second kappa shape index (κ2) is 5.66. The van der Waals surface area contributed by atoms with Crippen LogP contribution in [0.1, 0.15) is 20.9 Å². The molecule has 3 N–H and O–H groups in total. The van der Waals surface area contributed by atoms with Gasteiger partial charge in [0.15, 0.2) is 11.6 Å². The van der Waals surface area contributed by atoms with Crippen LogP contribution in [0.5, 0.6) is 0 Å². The first kappa shape index (κ1) is 14.0. The Kier molecular flexibility index (Phi) is 3.95. The van der Waals surface area contributed by atoms with Crippen molar-refractivity contribution >= 4 is 35.0 Å². The van der Waals surface area contributed by atoms with Crippen LogP contribution in [-0.4, -0.2) is 19.0 Å². The summed E-state index contributed by atoms with van der Waals surface area (Å²) in [6, 6.07) is 7.29. The summed E-state index contributed by atoms with van der Waals surface area (Å²) in [5, 5.41) is 2.81. The van der Waals surface area contributed by atoms with Gasteiger partial charge in [-0.25, -0.2) is 4.79 Å². The fourth-order valence-electron chi connectivity index (χ4n) is 1.52. The molecule has 20 heavy (non-hydrogen) atoms. The summed E-state index contributed by atoms with van der Waals surface area (Å²) in [6.07, 6.45) is 0. The van der Waals surface area contributed by atoms with Gasteiger partial charge in [-0.1, -0.05) is 11.6 Å². The van der Waals surface area contributed by atoms with E-state index < -0.39 is 11.9 Å². The molecule has 2 rings (SSSR count). The van der Waals surface area contributed by atoms with Gasteiger partial charge in [-0.3, -0.25) is 4.79 Å². The van der Waals surface area contributed by atoms with E-state index in [2.05, 4.69) is 10.1 Å².